The van der Waals surface area contributed by atoms with Crippen molar-refractivity contribution in [2.75, 3.05) is 0 Å². The fourth-order valence-electron chi connectivity index (χ4n) is 1.50. The van der Waals surface area contributed by atoms with Crippen LogP contribution in [0.25, 0.3) is 22.8 Å². The molecular weight excluding hydrogens is 252 g/mol. The molecule has 3 rings (SSSR count). The van der Waals surface area contributed by atoms with E-state index in [0.29, 0.717) is 17.3 Å². The topological polar surface area (TPSA) is 64.7 Å². The Morgan fingerprint density at radius 2 is 1.94 bits per heavy atom. The maximum absolute atomic E-state index is 5.94. The maximum atomic E-state index is 5.94. The molecule has 18 heavy (non-hydrogen) atoms. The van der Waals surface area contributed by atoms with Crippen molar-refractivity contribution in [3.05, 3.63) is 48.0 Å². The van der Waals surface area contributed by atoms with E-state index in [-0.39, 0.29) is 5.15 Å². The minimum Gasteiger partial charge on any atom is -0.333 e. The van der Waals surface area contributed by atoms with Gasteiger partial charge in [0, 0.05) is 11.8 Å². The van der Waals surface area contributed by atoms with Crippen LogP contribution in [0.5, 0.6) is 0 Å². The van der Waals surface area contributed by atoms with E-state index in [2.05, 4.69) is 20.1 Å². The van der Waals surface area contributed by atoms with Crippen LogP contribution in [0.4, 0.5) is 0 Å². The molecule has 5 nitrogen and oxygen atoms in total. The molecule has 6 heteroatoms. The third kappa shape index (κ3) is 1.96. The zero-order valence-electron chi connectivity index (χ0n) is 9.12. The molecule has 0 spiro atoms. The Kier molecular flexibility index (Phi) is 2.74. The highest BCUT2D eigenvalue weighted by molar-refractivity contribution is 6.31. The minimum atomic E-state index is 0.285. The van der Waals surface area contributed by atoms with Crippen LogP contribution in [0.1, 0.15) is 0 Å². The van der Waals surface area contributed by atoms with Gasteiger partial charge >= 0.3 is 0 Å². The van der Waals surface area contributed by atoms with Crippen molar-refractivity contribution in [1.29, 1.82) is 0 Å². The van der Waals surface area contributed by atoms with E-state index in [0.717, 1.165) is 5.56 Å². The second-order valence-corrected chi connectivity index (χ2v) is 3.87. The molecule has 0 aliphatic carbocycles. The number of rotatable bonds is 2. The SMILES string of the molecule is Clc1ncncc1-c1nc(-c2ccccc2)no1. The summed E-state index contributed by atoms with van der Waals surface area (Å²) in [6.45, 7) is 0. The van der Waals surface area contributed by atoms with E-state index in [1.54, 1.807) is 0 Å². The van der Waals surface area contributed by atoms with E-state index in [4.69, 9.17) is 16.1 Å². The molecule has 2 heterocycles. The number of aromatic nitrogens is 4. The first-order valence-corrected chi connectivity index (χ1v) is 5.57. The molecule has 0 aliphatic heterocycles. The zero-order valence-corrected chi connectivity index (χ0v) is 9.87. The lowest BCUT2D eigenvalue weighted by molar-refractivity contribution is 0.432. The summed E-state index contributed by atoms with van der Waals surface area (Å²) in [6, 6.07) is 9.54. The lowest BCUT2D eigenvalue weighted by Crippen LogP contribution is -1.85. The number of hydrogen-bond acceptors (Lipinski definition) is 5. The van der Waals surface area contributed by atoms with Gasteiger partial charge in [0.2, 0.25) is 5.82 Å². The predicted molar refractivity (Wildman–Crippen MR) is 65.8 cm³/mol. The van der Waals surface area contributed by atoms with Crippen molar-refractivity contribution >= 4 is 11.6 Å². The monoisotopic (exact) mass is 258 g/mol. The van der Waals surface area contributed by atoms with Crippen molar-refractivity contribution in [1.82, 2.24) is 20.1 Å². The lowest BCUT2D eigenvalue weighted by atomic mass is 10.2. The first-order chi connectivity index (χ1) is 8.84. The second-order valence-electron chi connectivity index (χ2n) is 3.52. The molecule has 0 N–H and O–H groups in total. The highest BCUT2D eigenvalue weighted by Crippen LogP contribution is 2.25. The van der Waals surface area contributed by atoms with Gasteiger partial charge in [0.05, 0.1) is 5.56 Å². The summed E-state index contributed by atoms with van der Waals surface area (Å²) in [5.41, 5.74) is 1.40. The van der Waals surface area contributed by atoms with Crippen LogP contribution in [0.2, 0.25) is 5.15 Å². The standard InChI is InChI=1S/C12H7ClN4O/c13-10-9(6-14-7-15-10)12-16-11(17-18-12)8-4-2-1-3-5-8/h1-7H. The van der Waals surface area contributed by atoms with Gasteiger partial charge in [0.25, 0.3) is 5.89 Å². The van der Waals surface area contributed by atoms with Gasteiger partial charge in [-0.15, -0.1) is 0 Å². The van der Waals surface area contributed by atoms with E-state index in [9.17, 15) is 0 Å². The van der Waals surface area contributed by atoms with Gasteiger partial charge in [-0.1, -0.05) is 47.1 Å². The molecule has 2 aromatic heterocycles. The second kappa shape index (κ2) is 4.54. The largest absolute Gasteiger partial charge is 0.333 e. The summed E-state index contributed by atoms with van der Waals surface area (Å²) in [4.78, 5) is 12.0. The molecule has 88 valence electrons. The van der Waals surface area contributed by atoms with Crippen LogP contribution in [-0.2, 0) is 0 Å². The molecule has 0 saturated heterocycles. The Morgan fingerprint density at radius 1 is 1.11 bits per heavy atom. The first kappa shape index (κ1) is 10.9. The number of benzene rings is 1. The number of nitrogens with zero attached hydrogens (tertiary/aromatic N) is 4. The number of hydrogen-bond donors (Lipinski definition) is 0. The van der Waals surface area contributed by atoms with Crippen LogP contribution in [0.15, 0.2) is 47.4 Å². The molecule has 0 bridgehead atoms. The van der Waals surface area contributed by atoms with Gasteiger partial charge in [-0.05, 0) is 0 Å². The molecule has 0 aliphatic rings. The summed E-state index contributed by atoms with van der Waals surface area (Å²) < 4.78 is 5.16. The van der Waals surface area contributed by atoms with Crippen LogP contribution >= 0.6 is 11.6 Å². The Hall–Kier alpha value is -2.27. The molecule has 0 atom stereocenters. The summed E-state index contributed by atoms with van der Waals surface area (Å²) in [5.74, 6) is 0.810. The van der Waals surface area contributed by atoms with E-state index in [1.165, 1.54) is 12.5 Å². The third-order valence-electron chi connectivity index (χ3n) is 2.35. The van der Waals surface area contributed by atoms with Crippen LogP contribution in [0.3, 0.4) is 0 Å². The van der Waals surface area contributed by atoms with Gasteiger partial charge in [-0.25, -0.2) is 9.97 Å². The van der Waals surface area contributed by atoms with Gasteiger partial charge in [-0.3, -0.25) is 0 Å². The van der Waals surface area contributed by atoms with Crippen LogP contribution in [-0.4, -0.2) is 20.1 Å². The fraction of sp³-hybridized carbons (Fsp3) is 0. The van der Waals surface area contributed by atoms with Gasteiger partial charge < -0.3 is 4.52 Å². The average molecular weight is 259 g/mol. The maximum Gasteiger partial charge on any atom is 0.262 e. The van der Waals surface area contributed by atoms with E-state index < -0.39 is 0 Å². The summed E-state index contributed by atoms with van der Waals surface area (Å²) in [6.07, 6.45) is 2.90. The predicted octanol–water partition coefficient (Wildman–Crippen LogP) is 2.85. The highest BCUT2D eigenvalue weighted by Gasteiger charge is 2.13. The summed E-state index contributed by atoms with van der Waals surface area (Å²) in [5, 5.41) is 4.19. The fourth-order valence-corrected chi connectivity index (χ4v) is 1.67. The Bertz CT molecular complexity index is 669. The molecule has 0 unspecified atom stereocenters. The van der Waals surface area contributed by atoms with Gasteiger partial charge in [-0.2, -0.15) is 4.98 Å². The molecule has 3 aromatic rings. The van der Waals surface area contributed by atoms with Crippen molar-refractivity contribution in [3.8, 4) is 22.8 Å². The van der Waals surface area contributed by atoms with Gasteiger partial charge in [0.15, 0.2) is 0 Å². The lowest BCUT2D eigenvalue weighted by Gasteiger charge is -1.94. The van der Waals surface area contributed by atoms with Crippen molar-refractivity contribution < 1.29 is 4.52 Å². The van der Waals surface area contributed by atoms with Crippen molar-refractivity contribution in [3.63, 3.8) is 0 Å². The van der Waals surface area contributed by atoms with E-state index >= 15 is 0 Å². The Morgan fingerprint density at radius 3 is 2.72 bits per heavy atom. The molecule has 0 saturated carbocycles. The zero-order chi connectivity index (χ0) is 12.4. The van der Waals surface area contributed by atoms with Crippen LogP contribution < -0.4 is 0 Å². The molecule has 0 fully saturated rings. The van der Waals surface area contributed by atoms with E-state index in [1.807, 2.05) is 30.3 Å². The normalized spacial score (nSPS) is 10.5. The Labute approximate surface area is 107 Å². The molecular formula is C12H7ClN4O. The quantitative estimate of drug-likeness (QED) is 0.661. The smallest absolute Gasteiger partial charge is 0.262 e. The molecule has 0 radical (unpaired) electrons. The number of halogens is 1. The van der Waals surface area contributed by atoms with Crippen molar-refractivity contribution in [2.45, 2.75) is 0 Å². The minimum absolute atomic E-state index is 0.285. The third-order valence-corrected chi connectivity index (χ3v) is 2.65. The Balaban J connectivity index is 2.03. The highest BCUT2D eigenvalue weighted by atomic mass is 35.5. The molecule has 0 amide bonds. The van der Waals surface area contributed by atoms with Crippen molar-refractivity contribution in [2.24, 2.45) is 0 Å². The first-order valence-electron chi connectivity index (χ1n) is 5.19. The summed E-state index contributed by atoms with van der Waals surface area (Å²) in [7, 11) is 0. The average Bonchev–Trinajstić information content (AvgIpc) is 2.90. The summed E-state index contributed by atoms with van der Waals surface area (Å²) >= 11 is 5.94. The van der Waals surface area contributed by atoms with Gasteiger partial charge in [0.1, 0.15) is 11.5 Å². The van der Waals surface area contributed by atoms with Crippen LogP contribution in [0, 0.1) is 0 Å². The molecule has 1 aromatic carbocycles.